The average Bonchev–Trinajstić information content (AvgIpc) is 2.96. The number of aromatic nitrogens is 2. The van der Waals surface area contributed by atoms with Crippen molar-refractivity contribution < 1.29 is 22.8 Å². The minimum Gasteiger partial charge on any atom is -0.274 e. The van der Waals surface area contributed by atoms with Crippen molar-refractivity contribution >= 4 is 5.91 Å². The van der Waals surface area contributed by atoms with Crippen LogP contribution >= 0.6 is 0 Å². The molecule has 0 atom stereocenters. The molecule has 23 heavy (non-hydrogen) atoms. The number of nitrogens with zero attached hydrogens (tertiary/aromatic N) is 4. The zero-order valence-electron chi connectivity index (χ0n) is 12.1. The van der Waals surface area contributed by atoms with E-state index >= 15 is 0 Å². The molecule has 0 saturated carbocycles. The van der Waals surface area contributed by atoms with E-state index in [1.165, 1.54) is 26.3 Å². The number of hydrogen-bond donors (Lipinski definition) is 0. The maximum atomic E-state index is 12.8. The molecule has 120 valence electrons. The normalized spacial score (nSPS) is 11.1. The maximum absolute atomic E-state index is 12.8. The summed E-state index contributed by atoms with van der Waals surface area (Å²) in [5, 5.41) is 14.0. The molecular formula is C14H11F3N4O2. The molecule has 6 nitrogen and oxygen atoms in total. The molecule has 0 saturated heterocycles. The van der Waals surface area contributed by atoms with Gasteiger partial charge in [0.1, 0.15) is 6.07 Å². The van der Waals surface area contributed by atoms with Crippen molar-refractivity contribution in [3.63, 3.8) is 0 Å². The van der Waals surface area contributed by atoms with Crippen molar-refractivity contribution in [1.29, 1.82) is 5.26 Å². The van der Waals surface area contributed by atoms with Gasteiger partial charge in [-0.25, -0.2) is 9.75 Å². The molecule has 0 spiro atoms. The number of carbonyl (C=O) groups is 1. The van der Waals surface area contributed by atoms with Crippen LogP contribution in [-0.4, -0.2) is 34.9 Å². The van der Waals surface area contributed by atoms with Gasteiger partial charge in [-0.05, 0) is 18.2 Å². The van der Waals surface area contributed by atoms with Crippen LogP contribution in [0.15, 0.2) is 30.5 Å². The van der Waals surface area contributed by atoms with Gasteiger partial charge >= 0.3 is 6.18 Å². The molecule has 2 aromatic rings. The molecule has 9 heteroatoms. The summed E-state index contributed by atoms with van der Waals surface area (Å²) in [6.45, 7) is 0. The van der Waals surface area contributed by atoms with Gasteiger partial charge in [0.05, 0.1) is 30.1 Å². The van der Waals surface area contributed by atoms with Crippen molar-refractivity contribution in [3.05, 3.63) is 47.3 Å². The molecule has 0 unspecified atom stereocenters. The van der Waals surface area contributed by atoms with E-state index < -0.39 is 17.6 Å². The Bertz CT molecular complexity index is 777. The lowest BCUT2D eigenvalue weighted by Gasteiger charge is -2.12. The number of benzene rings is 1. The number of carbonyl (C=O) groups excluding carboxylic acids is 1. The summed E-state index contributed by atoms with van der Waals surface area (Å²) in [4.78, 5) is 16.8. The van der Waals surface area contributed by atoms with Crippen molar-refractivity contribution in [2.45, 2.75) is 6.18 Å². The summed E-state index contributed by atoms with van der Waals surface area (Å²) in [6.07, 6.45) is -3.42. The second-order valence-corrected chi connectivity index (χ2v) is 4.46. The number of halogens is 3. The van der Waals surface area contributed by atoms with Gasteiger partial charge in [-0.3, -0.25) is 9.63 Å². The van der Waals surface area contributed by atoms with Crippen LogP contribution in [0, 0.1) is 11.3 Å². The number of hydrogen-bond acceptors (Lipinski definition) is 4. The van der Waals surface area contributed by atoms with Crippen molar-refractivity contribution in [3.8, 4) is 11.8 Å². The van der Waals surface area contributed by atoms with Gasteiger partial charge in [-0.2, -0.15) is 23.5 Å². The largest absolute Gasteiger partial charge is 0.416 e. The molecule has 1 aromatic heterocycles. The fourth-order valence-corrected chi connectivity index (χ4v) is 1.87. The molecule has 0 aliphatic carbocycles. The van der Waals surface area contributed by atoms with E-state index in [-0.39, 0.29) is 16.9 Å². The highest BCUT2D eigenvalue weighted by atomic mass is 19.4. The monoisotopic (exact) mass is 324 g/mol. The first-order valence-electron chi connectivity index (χ1n) is 6.27. The number of alkyl halides is 3. The van der Waals surface area contributed by atoms with Gasteiger partial charge in [0, 0.05) is 7.05 Å². The SMILES string of the molecule is CON(C)C(=O)c1cnn(-c2cccc(C(F)(F)F)c2)c1C#N. The molecule has 0 fully saturated rings. The lowest BCUT2D eigenvalue weighted by Crippen LogP contribution is -2.25. The highest BCUT2D eigenvalue weighted by Crippen LogP contribution is 2.30. The molecule has 0 radical (unpaired) electrons. The lowest BCUT2D eigenvalue weighted by molar-refractivity contribution is -0.137. The molecule has 1 amide bonds. The first-order chi connectivity index (χ1) is 10.8. The lowest BCUT2D eigenvalue weighted by atomic mass is 10.2. The van der Waals surface area contributed by atoms with Gasteiger partial charge in [0.2, 0.25) is 0 Å². The second-order valence-electron chi connectivity index (χ2n) is 4.46. The molecule has 0 bridgehead atoms. The first-order valence-corrected chi connectivity index (χ1v) is 6.27. The third-order valence-electron chi connectivity index (χ3n) is 3.08. The van der Waals surface area contributed by atoms with Crippen LogP contribution in [0.3, 0.4) is 0 Å². The average molecular weight is 324 g/mol. The van der Waals surface area contributed by atoms with Gasteiger partial charge in [0.15, 0.2) is 5.69 Å². The quantitative estimate of drug-likeness (QED) is 0.813. The fraction of sp³-hybridized carbons (Fsp3) is 0.214. The van der Waals surface area contributed by atoms with Gasteiger partial charge < -0.3 is 0 Å². The van der Waals surface area contributed by atoms with E-state index in [9.17, 15) is 23.2 Å². The number of amides is 1. The number of nitriles is 1. The Hall–Kier alpha value is -2.86. The van der Waals surface area contributed by atoms with E-state index in [0.717, 1.165) is 28.1 Å². The first kappa shape index (κ1) is 16.5. The van der Waals surface area contributed by atoms with E-state index in [0.29, 0.717) is 0 Å². The third-order valence-corrected chi connectivity index (χ3v) is 3.08. The molecule has 0 aliphatic rings. The standard InChI is InChI=1S/C14H11F3N4O2/c1-20(23-2)13(22)11-8-19-21(12(11)7-18)10-5-3-4-9(6-10)14(15,16)17/h3-6,8H,1-2H3. The van der Waals surface area contributed by atoms with E-state index in [2.05, 4.69) is 5.10 Å². The summed E-state index contributed by atoms with van der Waals surface area (Å²) >= 11 is 0. The van der Waals surface area contributed by atoms with Crippen LogP contribution in [-0.2, 0) is 11.0 Å². The predicted molar refractivity (Wildman–Crippen MR) is 72.4 cm³/mol. The Balaban J connectivity index is 2.53. The zero-order chi connectivity index (χ0) is 17.2. The summed E-state index contributed by atoms with van der Waals surface area (Å²) in [7, 11) is 2.60. The summed E-state index contributed by atoms with van der Waals surface area (Å²) in [5.74, 6) is -0.637. The van der Waals surface area contributed by atoms with Crippen molar-refractivity contribution in [1.82, 2.24) is 14.8 Å². The summed E-state index contributed by atoms with van der Waals surface area (Å²) in [6, 6.07) is 6.09. The maximum Gasteiger partial charge on any atom is 0.416 e. The fourth-order valence-electron chi connectivity index (χ4n) is 1.87. The Kier molecular flexibility index (Phi) is 4.38. The van der Waals surface area contributed by atoms with E-state index in [4.69, 9.17) is 4.84 Å². The van der Waals surface area contributed by atoms with E-state index in [1.807, 2.05) is 0 Å². The van der Waals surface area contributed by atoms with Crippen LogP contribution < -0.4 is 0 Å². The minimum absolute atomic E-state index is 0.0236. The smallest absolute Gasteiger partial charge is 0.274 e. The Morgan fingerprint density at radius 1 is 1.43 bits per heavy atom. The molecular weight excluding hydrogens is 313 g/mol. The van der Waals surface area contributed by atoms with Crippen LogP contribution in [0.5, 0.6) is 0 Å². The predicted octanol–water partition coefficient (Wildman–Crippen LogP) is 2.40. The third kappa shape index (κ3) is 3.17. The Morgan fingerprint density at radius 3 is 2.70 bits per heavy atom. The van der Waals surface area contributed by atoms with Gasteiger partial charge in [-0.15, -0.1) is 0 Å². The Labute approximate surface area is 129 Å². The topological polar surface area (TPSA) is 71.2 Å². The number of rotatable bonds is 3. The summed E-state index contributed by atoms with van der Waals surface area (Å²) < 4.78 is 39.3. The van der Waals surface area contributed by atoms with Crippen molar-refractivity contribution in [2.75, 3.05) is 14.2 Å². The van der Waals surface area contributed by atoms with Crippen LogP contribution in [0.25, 0.3) is 5.69 Å². The molecule has 1 heterocycles. The summed E-state index contributed by atoms with van der Waals surface area (Å²) in [5.41, 5.74) is -1.11. The highest BCUT2D eigenvalue weighted by Gasteiger charge is 2.31. The second kappa shape index (κ2) is 6.10. The van der Waals surface area contributed by atoms with Crippen LogP contribution in [0.4, 0.5) is 13.2 Å². The zero-order valence-corrected chi connectivity index (χ0v) is 12.1. The Morgan fingerprint density at radius 2 is 2.13 bits per heavy atom. The molecule has 2 rings (SSSR count). The highest BCUT2D eigenvalue weighted by molar-refractivity contribution is 5.95. The van der Waals surface area contributed by atoms with Crippen LogP contribution in [0.2, 0.25) is 0 Å². The minimum atomic E-state index is -4.52. The molecule has 1 aromatic carbocycles. The van der Waals surface area contributed by atoms with Gasteiger partial charge in [0.25, 0.3) is 5.91 Å². The van der Waals surface area contributed by atoms with Crippen molar-refractivity contribution in [2.24, 2.45) is 0 Å². The molecule has 0 aliphatic heterocycles. The van der Waals surface area contributed by atoms with Crippen LogP contribution in [0.1, 0.15) is 21.6 Å². The molecule has 0 N–H and O–H groups in total. The number of hydroxylamine groups is 2. The van der Waals surface area contributed by atoms with E-state index in [1.54, 1.807) is 6.07 Å². The van der Waals surface area contributed by atoms with Gasteiger partial charge in [-0.1, -0.05) is 6.07 Å².